The molecule has 0 aliphatic rings. The molecule has 0 heterocycles. The third-order valence-corrected chi connectivity index (χ3v) is 3.00. The van der Waals surface area contributed by atoms with Crippen molar-refractivity contribution in [3.8, 4) is 0 Å². The van der Waals surface area contributed by atoms with Gasteiger partial charge in [0.05, 0.1) is 5.69 Å². The van der Waals surface area contributed by atoms with Crippen LogP contribution in [-0.4, -0.2) is 15.5 Å². The monoisotopic (exact) mass is 204 g/mol. The van der Waals surface area contributed by atoms with E-state index in [0.717, 1.165) is 12.1 Å². The largest absolute Gasteiger partial charge is 0.398 e. The van der Waals surface area contributed by atoms with Gasteiger partial charge in [0.1, 0.15) is 10.7 Å². The Bertz CT molecular complexity index is 417. The number of hydrogen-bond donors (Lipinski definition) is 2. The maximum atomic E-state index is 12.7. The highest BCUT2D eigenvalue weighted by atomic mass is 32.2. The van der Waals surface area contributed by atoms with Crippen molar-refractivity contribution in [3.05, 3.63) is 24.0 Å². The molecule has 0 amide bonds. The molecule has 0 aliphatic heterocycles. The summed E-state index contributed by atoms with van der Waals surface area (Å²) >= 11 is 0. The van der Waals surface area contributed by atoms with Gasteiger partial charge in [-0.25, -0.2) is 17.5 Å². The summed E-state index contributed by atoms with van der Waals surface area (Å²) in [5, 5.41) is 0. The van der Waals surface area contributed by atoms with Gasteiger partial charge in [-0.1, -0.05) is 0 Å². The lowest BCUT2D eigenvalue weighted by Gasteiger charge is -2.05. The molecule has 4 nitrogen and oxygen atoms in total. The van der Waals surface area contributed by atoms with Crippen LogP contribution in [0.3, 0.4) is 0 Å². The lowest BCUT2D eigenvalue weighted by atomic mass is 10.3. The van der Waals surface area contributed by atoms with Crippen molar-refractivity contribution in [2.45, 2.75) is 4.90 Å². The third-order valence-electron chi connectivity index (χ3n) is 1.53. The molecular formula is C7H9FN2O2S. The van der Waals surface area contributed by atoms with Crippen molar-refractivity contribution >= 4 is 15.7 Å². The summed E-state index contributed by atoms with van der Waals surface area (Å²) in [5.41, 5.74) is 5.39. The molecule has 1 rings (SSSR count). The van der Waals surface area contributed by atoms with Gasteiger partial charge in [0.2, 0.25) is 10.0 Å². The van der Waals surface area contributed by atoms with E-state index in [1.54, 1.807) is 0 Å². The van der Waals surface area contributed by atoms with Crippen LogP contribution < -0.4 is 10.5 Å². The maximum absolute atomic E-state index is 12.7. The second kappa shape index (κ2) is 3.31. The highest BCUT2D eigenvalue weighted by molar-refractivity contribution is 7.89. The highest BCUT2D eigenvalue weighted by Crippen LogP contribution is 2.18. The van der Waals surface area contributed by atoms with Crippen LogP contribution >= 0.6 is 0 Å². The van der Waals surface area contributed by atoms with Crippen molar-refractivity contribution in [1.82, 2.24) is 4.72 Å². The zero-order valence-electron chi connectivity index (χ0n) is 6.91. The van der Waals surface area contributed by atoms with Gasteiger partial charge < -0.3 is 5.73 Å². The molecule has 0 bridgehead atoms. The molecule has 3 N–H and O–H groups in total. The molecule has 0 radical (unpaired) electrons. The van der Waals surface area contributed by atoms with E-state index in [2.05, 4.69) is 4.72 Å². The predicted octanol–water partition coefficient (Wildman–Crippen LogP) is 0.316. The number of benzene rings is 1. The van der Waals surface area contributed by atoms with E-state index in [1.807, 2.05) is 0 Å². The zero-order valence-corrected chi connectivity index (χ0v) is 7.73. The Morgan fingerprint density at radius 2 is 2.08 bits per heavy atom. The first kappa shape index (κ1) is 9.94. The molecule has 0 unspecified atom stereocenters. The van der Waals surface area contributed by atoms with Gasteiger partial charge >= 0.3 is 0 Å². The lowest BCUT2D eigenvalue weighted by molar-refractivity contribution is 0.584. The average Bonchev–Trinajstić information content (AvgIpc) is 2.09. The maximum Gasteiger partial charge on any atom is 0.242 e. The van der Waals surface area contributed by atoms with Crippen LogP contribution in [0, 0.1) is 5.82 Å². The first-order chi connectivity index (χ1) is 5.97. The van der Waals surface area contributed by atoms with Crippen LogP contribution in [0.4, 0.5) is 10.1 Å². The molecule has 13 heavy (non-hydrogen) atoms. The fraction of sp³-hybridized carbons (Fsp3) is 0.143. The Labute approximate surface area is 75.6 Å². The molecule has 0 saturated carbocycles. The van der Waals surface area contributed by atoms with Gasteiger partial charge in [-0.3, -0.25) is 0 Å². The fourth-order valence-electron chi connectivity index (χ4n) is 0.851. The van der Waals surface area contributed by atoms with Gasteiger partial charge in [0.25, 0.3) is 0 Å². The summed E-state index contributed by atoms with van der Waals surface area (Å²) in [7, 11) is -2.43. The van der Waals surface area contributed by atoms with E-state index >= 15 is 0 Å². The fourth-order valence-corrected chi connectivity index (χ4v) is 1.72. The Morgan fingerprint density at radius 3 is 2.62 bits per heavy atom. The quantitative estimate of drug-likeness (QED) is 0.681. The topological polar surface area (TPSA) is 72.2 Å². The van der Waals surface area contributed by atoms with E-state index < -0.39 is 15.8 Å². The average molecular weight is 204 g/mol. The number of rotatable bonds is 2. The second-order valence-electron chi connectivity index (χ2n) is 2.39. The lowest BCUT2D eigenvalue weighted by Crippen LogP contribution is -2.20. The smallest absolute Gasteiger partial charge is 0.242 e. The van der Waals surface area contributed by atoms with Gasteiger partial charge in [0, 0.05) is 0 Å². The molecular weight excluding hydrogens is 195 g/mol. The van der Waals surface area contributed by atoms with Crippen LogP contribution in [0.25, 0.3) is 0 Å². The van der Waals surface area contributed by atoms with Crippen molar-refractivity contribution < 1.29 is 12.8 Å². The van der Waals surface area contributed by atoms with Crippen LogP contribution in [0.5, 0.6) is 0 Å². The van der Waals surface area contributed by atoms with Crippen molar-refractivity contribution in [2.75, 3.05) is 12.8 Å². The first-order valence-corrected chi connectivity index (χ1v) is 4.94. The molecule has 0 spiro atoms. The van der Waals surface area contributed by atoms with E-state index in [1.165, 1.54) is 13.1 Å². The van der Waals surface area contributed by atoms with Gasteiger partial charge in [-0.15, -0.1) is 0 Å². The minimum absolute atomic E-state index is 0.0238. The Hall–Kier alpha value is -1.14. The number of nitrogen functional groups attached to an aromatic ring is 1. The van der Waals surface area contributed by atoms with E-state index in [-0.39, 0.29) is 10.6 Å². The number of halogens is 1. The molecule has 1 aromatic carbocycles. The van der Waals surface area contributed by atoms with Crippen LogP contribution in [0.2, 0.25) is 0 Å². The molecule has 0 aromatic heterocycles. The summed E-state index contributed by atoms with van der Waals surface area (Å²) in [6.45, 7) is 0. The number of anilines is 1. The predicted molar refractivity (Wildman–Crippen MR) is 47.1 cm³/mol. The summed E-state index contributed by atoms with van der Waals surface area (Å²) < 4.78 is 37.1. The Morgan fingerprint density at radius 1 is 1.46 bits per heavy atom. The normalized spacial score (nSPS) is 11.5. The Kier molecular flexibility index (Phi) is 2.53. The van der Waals surface area contributed by atoms with Crippen molar-refractivity contribution in [2.24, 2.45) is 0 Å². The molecule has 6 heteroatoms. The van der Waals surface area contributed by atoms with Crippen LogP contribution in [0.1, 0.15) is 0 Å². The van der Waals surface area contributed by atoms with Crippen molar-refractivity contribution in [3.63, 3.8) is 0 Å². The SMILES string of the molecule is CNS(=O)(=O)c1cc(F)ccc1N. The van der Waals surface area contributed by atoms with E-state index in [0.29, 0.717) is 0 Å². The summed E-state index contributed by atoms with van der Waals surface area (Å²) in [6, 6.07) is 3.19. The number of nitrogens with one attached hydrogen (secondary N) is 1. The second-order valence-corrected chi connectivity index (χ2v) is 4.24. The molecule has 0 saturated heterocycles. The summed E-state index contributed by atoms with van der Waals surface area (Å²) in [6.07, 6.45) is 0. The third kappa shape index (κ3) is 1.96. The number of nitrogens with two attached hydrogens (primary N) is 1. The van der Waals surface area contributed by atoms with Crippen LogP contribution in [0.15, 0.2) is 23.1 Å². The summed E-state index contributed by atoms with van der Waals surface area (Å²) in [4.78, 5) is -0.241. The molecule has 0 aliphatic carbocycles. The van der Waals surface area contributed by atoms with Crippen molar-refractivity contribution in [1.29, 1.82) is 0 Å². The van der Waals surface area contributed by atoms with E-state index in [4.69, 9.17) is 5.73 Å². The van der Waals surface area contributed by atoms with Gasteiger partial charge in [-0.05, 0) is 25.2 Å². The minimum Gasteiger partial charge on any atom is -0.398 e. The molecule has 72 valence electrons. The number of sulfonamides is 1. The van der Waals surface area contributed by atoms with E-state index in [9.17, 15) is 12.8 Å². The molecule has 1 aromatic rings. The van der Waals surface area contributed by atoms with Gasteiger partial charge in [-0.2, -0.15) is 0 Å². The molecule has 0 atom stereocenters. The van der Waals surface area contributed by atoms with Gasteiger partial charge in [0.15, 0.2) is 0 Å². The van der Waals surface area contributed by atoms with Crippen LogP contribution in [-0.2, 0) is 10.0 Å². The minimum atomic E-state index is -3.67. The highest BCUT2D eigenvalue weighted by Gasteiger charge is 2.15. The Balaban J connectivity index is 3.38. The standard InChI is InChI=1S/C7H9FN2O2S/c1-10-13(11,12)7-4-5(8)2-3-6(7)9/h2-4,10H,9H2,1H3. The number of hydrogen-bond acceptors (Lipinski definition) is 3. The zero-order chi connectivity index (χ0) is 10.1. The summed E-state index contributed by atoms with van der Waals surface area (Å²) in [5.74, 6) is -0.636. The first-order valence-electron chi connectivity index (χ1n) is 3.46. The molecule has 0 fully saturated rings.